The molecule has 0 unspecified atom stereocenters. The fourth-order valence-corrected chi connectivity index (χ4v) is 7.37. The second-order valence-electron chi connectivity index (χ2n) is 11.0. The Morgan fingerprint density at radius 2 is 1.05 bits per heavy atom. The smallest absolute Gasteiger partial charge is 0.192 e. The van der Waals surface area contributed by atoms with E-state index in [2.05, 4.69) is 131 Å². The normalized spacial score (nSPS) is 12.2. The van der Waals surface area contributed by atoms with Crippen molar-refractivity contribution in [2.75, 3.05) is 4.90 Å². The van der Waals surface area contributed by atoms with Gasteiger partial charge < -0.3 is 9.47 Å². The minimum Gasteiger partial charge on any atom is -0.316 e. The molecule has 0 spiro atoms. The van der Waals surface area contributed by atoms with Gasteiger partial charge in [-0.05, 0) is 72.6 Å². The van der Waals surface area contributed by atoms with Gasteiger partial charge in [-0.15, -0.1) is 0 Å². The summed E-state index contributed by atoms with van der Waals surface area (Å²) in [5.74, 6) is 0. The highest BCUT2D eigenvalue weighted by molar-refractivity contribution is 7.99. The van der Waals surface area contributed by atoms with Gasteiger partial charge in [0.1, 0.15) is 0 Å². The molecule has 1 aromatic heterocycles. The number of aromatic nitrogens is 1. The minimum atomic E-state index is 0.0559. The molecule has 6 aromatic carbocycles. The predicted molar refractivity (Wildman–Crippen MR) is 184 cm³/mol. The molecule has 8 rings (SSSR count). The number of para-hydroxylation sites is 3. The first-order chi connectivity index (χ1) is 21.7. The number of nitrogens with zero attached hydrogens (tertiary/aromatic N) is 2. The highest BCUT2D eigenvalue weighted by atomic mass is 32.2. The van der Waals surface area contributed by atoms with Crippen LogP contribution in [0.4, 0.5) is 17.1 Å². The SMILES string of the molecule is Cc1cn(-c2ccccc2)c2cc(N3c4ccccc4-c4ccccc4Sc4ccccc4-c4ccccc43)ccc2c1=O. The Morgan fingerprint density at radius 1 is 0.523 bits per heavy atom. The first kappa shape index (κ1) is 26.3. The van der Waals surface area contributed by atoms with Crippen molar-refractivity contribution in [1.82, 2.24) is 4.57 Å². The van der Waals surface area contributed by atoms with E-state index in [4.69, 9.17) is 0 Å². The van der Waals surface area contributed by atoms with Crippen molar-refractivity contribution in [1.29, 1.82) is 0 Å². The first-order valence-corrected chi connectivity index (χ1v) is 15.6. The molecule has 0 N–H and O–H groups in total. The number of rotatable bonds is 2. The number of aryl methyl sites for hydroxylation is 1. The van der Waals surface area contributed by atoms with Gasteiger partial charge in [-0.25, -0.2) is 0 Å². The van der Waals surface area contributed by atoms with Crippen molar-refractivity contribution >= 4 is 39.7 Å². The molecule has 0 bridgehead atoms. The summed E-state index contributed by atoms with van der Waals surface area (Å²) in [6.45, 7) is 1.89. The molecule has 3 nitrogen and oxygen atoms in total. The average Bonchev–Trinajstić information content (AvgIpc) is 3.08. The number of hydrogen-bond donors (Lipinski definition) is 0. The van der Waals surface area contributed by atoms with Gasteiger partial charge in [0.25, 0.3) is 0 Å². The van der Waals surface area contributed by atoms with Crippen molar-refractivity contribution in [2.24, 2.45) is 0 Å². The van der Waals surface area contributed by atoms with Crippen LogP contribution in [0.3, 0.4) is 0 Å². The lowest BCUT2D eigenvalue weighted by Crippen LogP contribution is -2.15. The van der Waals surface area contributed by atoms with Crippen LogP contribution in [0.5, 0.6) is 0 Å². The molecule has 0 radical (unpaired) electrons. The van der Waals surface area contributed by atoms with Gasteiger partial charge in [0.05, 0.1) is 16.9 Å². The van der Waals surface area contributed by atoms with Gasteiger partial charge in [0, 0.05) is 49.4 Å². The Hall–Kier alpha value is -5.32. The average molecular weight is 585 g/mol. The third kappa shape index (κ3) is 4.34. The van der Waals surface area contributed by atoms with Crippen LogP contribution in [0.25, 0.3) is 38.8 Å². The van der Waals surface area contributed by atoms with E-state index < -0.39 is 0 Å². The number of hydrogen-bond acceptors (Lipinski definition) is 3. The van der Waals surface area contributed by atoms with Crippen molar-refractivity contribution in [3.8, 4) is 27.9 Å². The highest BCUT2D eigenvalue weighted by Gasteiger charge is 2.24. The monoisotopic (exact) mass is 584 g/mol. The van der Waals surface area contributed by atoms with E-state index >= 15 is 0 Å². The number of anilines is 3. The van der Waals surface area contributed by atoms with Gasteiger partial charge in [-0.1, -0.05) is 103 Å². The van der Waals surface area contributed by atoms with E-state index in [1.807, 2.05) is 49.1 Å². The summed E-state index contributed by atoms with van der Waals surface area (Å²) in [5.41, 5.74) is 10.5. The molecular weight excluding hydrogens is 557 g/mol. The summed E-state index contributed by atoms with van der Waals surface area (Å²) in [4.78, 5) is 18.2. The molecule has 210 valence electrons. The van der Waals surface area contributed by atoms with E-state index in [9.17, 15) is 4.79 Å². The van der Waals surface area contributed by atoms with Crippen molar-refractivity contribution in [2.45, 2.75) is 16.7 Å². The van der Waals surface area contributed by atoms with E-state index in [-0.39, 0.29) is 5.43 Å². The minimum absolute atomic E-state index is 0.0559. The zero-order valence-corrected chi connectivity index (χ0v) is 25.0. The van der Waals surface area contributed by atoms with E-state index in [0.29, 0.717) is 5.39 Å². The Morgan fingerprint density at radius 3 is 1.66 bits per heavy atom. The lowest BCUT2D eigenvalue weighted by atomic mass is 9.98. The number of fused-ring (bicyclic) bond motifs is 7. The third-order valence-corrected chi connectivity index (χ3v) is 9.48. The van der Waals surface area contributed by atoms with Gasteiger partial charge in [-0.3, -0.25) is 4.79 Å². The highest BCUT2D eigenvalue weighted by Crippen LogP contribution is 2.50. The standard InChI is InChI=1S/C40H28N2OS/c1-27-26-41(28-13-3-2-4-14-28)37-25-29(23-24-34(37)40(27)43)42-35-19-9-5-15-30(35)32-17-7-11-21-38(32)44-39-22-12-8-18-33(39)31-16-6-10-20-36(31)42/h2-26H,1H3. The molecule has 0 saturated heterocycles. The predicted octanol–water partition coefficient (Wildman–Crippen LogP) is 10.6. The molecule has 2 heterocycles. The Balaban J connectivity index is 1.48. The Bertz CT molecular complexity index is 2160. The van der Waals surface area contributed by atoms with Crippen LogP contribution in [-0.4, -0.2) is 4.57 Å². The van der Waals surface area contributed by atoms with Crippen molar-refractivity contribution in [3.63, 3.8) is 0 Å². The lowest BCUT2D eigenvalue weighted by molar-refractivity contribution is 1.08. The summed E-state index contributed by atoms with van der Waals surface area (Å²) in [6, 6.07) is 51.0. The second kappa shape index (κ2) is 10.7. The largest absolute Gasteiger partial charge is 0.316 e. The molecule has 1 aliphatic rings. The summed E-state index contributed by atoms with van der Waals surface area (Å²) < 4.78 is 2.13. The molecule has 44 heavy (non-hydrogen) atoms. The number of pyridine rings is 1. The van der Waals surface area contributed by atoms with Crippen LogP contribution in [0, 0.1) is 6.92 Å². The molecular formula is C40H28N2OS. The van der Waals surface area contributed by atoms with Crippen LogP contribution < -0.4 is 10.3 Å². The molecule has 4 heteroatoms. The molecule has 0 fully saturated rings. The molecule has 7 aromatic rings. The topological polar surface area (TPSA) is 25.2 Å². The van der Waals surface area contributed by atoms with Gasteiger partial charge >= 0.3 is 0 Å². The molecule has 1 aliphatic heterocycles. The Labute approximate surface area is 260 Å². The fourth-order valence-electron chi connectivity index (χ4n) is 6.26. The van der Waals surface area contributed by atoms with Crippen LogP contribution in [0.2, 0.25) is 0 Å². The van der Waals surface area contributed by atoms with Crippen LogP contribution >= 0.6 is 11.8 Å². The van der Waals surface area contributed by atoms with E-state index in [1.165, 1.54) is 20.9 Å². The maximum Gasteiger partial charge on any atom is 0.192 e. The van der Waals surface area contributed by atoms with Crippen LogP contribution in [0.1, 0.15) is 5.56 Å². The van der Waals surface area contributed by atoms with E-state index in [1.54, 1.807) is 0 Å². The zero-order chi connectivity index (χ0) is 29.6. The van der Waals surface area contributed by atoms with Gasteiger partial charge in [0.2, 0.25) is 0 Å². The fraction of sp³-hybridized carbons (Fsp3) is 0.0250. The second-order valence-corrected chi connectivity index (χ2v) is 12.1. The summed E-state index contributed by atoms with van der Waals surface area (Å²) in [7, 11) is 0. The summed E-state index contributed by atoms with van der Waals surface area (Å²) >= 11 is 1.81. The van der Waals surface area contributed by atoms with Gasteiger partial charge in [0.15, 0.2) is 5.43 Å². The maximum absolute atomic E-state index is 13.4. The maximum atomic E-state index is 13.4. The van der Waals surface area contributed by atoms with E-state index in [0.717, 1.165) is 45.0 Å². The summed E-state index contributed by atoms with van der Waals surface area (Å²) in [6.07, 6.45) is 1.96. The van der Waals surface area contributed by atoms with Crippen LogP contribution in [-0.2, 0) is 0 Å². The van der Waals surface area contributed by atoms with Crippen molar-refractivity contribution in [3.05, 3.63) is 168 Å². The zero-order valence-electron chi connectivity index (χ0n) is 24.1. The molecule has 0 atom stereocenters. The number of benzene rings is 6. The first-order valence-electron chi connectivity index (χ1n) is 14.7. The molecule has 0 amide bonds. The Kier molecular flexibility index (Phi) is 6.43. The molecule has 0 aliphatic carbocycles. The van der Waals surface area contributed by atoms with Gasteiger partial charge in [-0.2, -0.15) is 0 Å². The quantitative estimate of drug-likeness (QED) is 0.202. The van der Waals surface area contributed by atoms with Crippen LogP contribution in [0.15, 0.2) is 166 Å². The lowest BCUT2D eigenvalue weighted by Gasteiger charge is -2.31. The molecule has 0 saturated carbocycles. The van der Waals surface area contributed by atoms with Crippen molar-refractivity contribution < 1.29 is 0 Å². The summed E-state index contributed by atoms with van der Waals surface area (Å²) in [5, 5.41) is 0.701. The third-order valence-electron chi connectivity index (χ3n) is 8.32.